The van der Waals surface area contributed by atoms with E-state index in [1.54, 1.807) is 6.07 Å². The number of nitrogens with one attached hydrogen (secondary N) is 1. The van der Waals surface area contributed by atoms with Crippen molar-refractivity contribution in [2.75, 3.05) is 4.72 Å². The standard InChI is InChI=1S/C12H12BrNO3S2/c1-8-2-3-12(11(13)4-8)14-19(16,17)10-5-9(6-15)18-7-10/h2-5,7,14-15H,6H2,1H3. The Balaban J connectivity index is 2.30. The van der Waals surface area contributed by atoms with E-state index in [-0.39, 0.29) is 11.5 Å². The average Bonchev–Trinajstić information content (AvgIpc) is 2.82. The smallest absolute Gasteiger partial charge is 0.262 e. The minimum Gasteiger partial charge on any atom is -0.391 e. The predicted octanol–water partition coefficient (Wildman–Crippen LogP) is 3.11. The van der Waals surface area contributed by atoms with Crippen molar-refractivity contribution in [3.63, 3.8) is 0 Å². The minimum absolute atomic E-state index is 0.158. The Labute approximate surface area is 124 Å². The third-order valence-corrected chi connectivity index (χ3v) is 5.54. The first-order chi connectivity index (χ1) is 8.92. The Morgan fingerprint density at radius 3 is 2.68 bits per heavy atom. The number of benzene rings is 1. The maximum atomic E-state index is 12.2. The predicted molar refractivity (Wildman–Crippen MR) is 79.9 cm³/mol. The van der Waals surface area contributed by atoms with E-state index in [1.165, 1.54) is 22.8 Å². The van der Waals surface area contributed by atoms with Crippen molar-refractivity contribution in [1.82, 2.24) is 0 Å². The summed E-state index contributed by atoms with van der Waals surface area (Å²) in [7, 11) is -3.62. The van der Waals surface area contributed by atoms with Gasteiger partial charge >= 0.3 is 0 Å². The van der Waals surface area contributed by atoms with Crippen molar-refractivity contribution in [3.8, 4) is 0 Å². The highest BCUT2D eigenvalue weighted by Crippen LogP contribution is 2.27. The summed E-state index contributed by atoms with van der Waals surface area (Å²) < 4.78 is 27.5. The van der Waals surface area contributed by atoms with Crippen LogP contribution in [0.15, 0.2) is 39.0 Å². The third kappa shape index (κ3) is 3.36. The Kier molecular flexibility index (Phi) is 4.29. The molecule has 0 saturated carbocycles. The Morgan fingerprint density at radius 1 is 1.37 bits per heavy atom. The summed E-state index contributed by atoms with van der Waals surface area (Å²) in [5.74, 6) is 0. The number of hydrogen-bond acceptors (Lipinski definition) is 4. The minimum atomic E-state index is -3.62. The lowest BCUT2D eigenvalue weighted by atomic mass is 10.2. The van der Waals surface area contributed by atoms with Crippen LogP contribution in [0.3, 0.4) is 0 Å². The van der Waals surface area contributed by atoms with E-state index in [2.05, 4.69) is 20.7 Å². The lowest BCUT2D eigenvalue weighted by molar-refractivity contribution is 0.285. The van der Waals surface area contributed by atoms with Gasteiger partial charge in [-0.25, -0.2) is 8.42 Å². The van der Waals surface area contributed by atoms with Crippen molar-refractivity contribution >= 4 is 43.0 Å². The van der Waals surface area contributed by atoms with E-state index >= 15 is 0 Å². The highest BCUT2D eigenvalue weighted by Gasteiger charge is 2.17. The molecular formula is C12H12BrNO3S2. The molecule has 2 aromatic rings. The van der Waals surface area contributed by atoms with Crippen molar-refractivity contribution in [2.45, 2.75) is 18.4 Å². The molecule has 0 unspecified atom stereocenters. The second-order valence-electron chi connectivity index (χ2n) is 4.00. The first kappa shape index (κ1) is 14.5. The quantitative estimate of drug-likeness (QED) is 0.878. The molecule has 0 bridgehead atoms. The highest BCUT2D eigenvalue weighted by atomic mass is 79.9. The van der Waals surface area contributed by atoms with E-state index in [4.69, 9.17) is 5.11 Å². The topological polar surface area (TPSA) is 66.4 Å². The number of aliphatic hydroxyl groups is 1. The molecule has 0 radical (unpaired) electrons. The fourth-order valence-corrected chi connectivity index (χ4v) is 4.43. The molecule has 2 rings (SSSR count). The molecule has 1 aromatic heterocycles. The second-order valence-corrected chi connectivity index (χ2v) is 7.53. The molecule has 7 heteroatoms. The van der Waals surface area contributed by atoms with Gasteiger partial charge in [0.1, 0.15) is 0 Å². The summed E-state index contributed by atoms with van der Waals surface area (Å²) in [6, 6.07) is 6.84. The normalized spacial score (nSPS) is 11.5. The van der Waals surface area contributed by atoms with Crippen LogP contribution in [0, 0.1) is 6.92 Å². The van der Waals surface area contributed by atoms with Gasteiger partial charge < -0.3 is 5.11 Å². The molecule has 4 nitrogen and oxygen atoms in total. The summed E-state index contributed by atoms with van der Waals surface area (Å²) in [5, 5.41) is 10.5. The fourth-order valence-electron chi connectivity index (χ4n) is 1.49. The third-order valence-electron chi connectivity index (χ3n) is 2.46. The number of hydrogen-bond donors (Lipinski definition) is 2. The molecule has 102 valence electrons. The first-order valence-corrected chi connectivity index (χ1v) is 8.55. The Hall–Kier alpha value is -0.890. The number of halogens is 1. The molecule has 0 fully saturated rings. The van der Waals surface area contributed by atoms with Crippen LogP contribution in [0.4, 0.5) is 5.69 Å². The van der Waals surface area contributed by atoms with Crippen molar-refractivity contribution < 1.29 is 13.5 Å². The van der Waals surface area contributed by atoms with Gasteiger partial charge in [-0.15, -0.1) is 11.3 Å². The van der Waals surface area contributed by atoms with Crippen LogP contribution in [0.5, 0.6) is 0 Å². The molecule has 0 aliphatic carbocycles. The summed E-state index contributed by atoms with van der Waals surface area (Å²) in [6.07, 6.45) is 0. The first-order valence-electron chi connectivity index (χ1n) is 5.39. The number of anilines is 1. The number of sulfonamides is 1. The van der Waals surface area contributed by atoms with Crippen LogP contribution in [0.25, 0.3) is 0 Å². The molecule has 1 heterocycles. The summed E-state index contributed by atoms with van der Waals surface area (Å²) >= 11 is 4.54. The van der Waals surface area contributed by atoms with Gasteiger partial charge in [-0.1, -0.05) is 6.07 Å². The van der Waals surface area contributed by atoms with Crippen LogP contribution in [0.1, 0.15) is 10.4 Å². The Bertz CT molecular complexity index is 695. The molecule has 2 N–H and O–H groups in total. The SMILES string of the molecule is Cc1ccc(NS(=O)(=O)c2csc(CO)c2)c(Br)c1. The Morgan fingerprint density at radius 2 is 2.11 bits per heavy atom. The van der Waals surface area contributed by atoms with Crippen LogP contribution >= 0.6 is 27.3 Å². The van der Waals surface area contributed by atoms with Gasteiger partial charge in [-0.05, 0) is 46.6 Å². The van der Waals surface area contributed by atoms with Crippen LogP contribution < -0.4 is 4.72 Å². The van der Waals surface area contributed by atoms with Crippen molar-refractivity contribution in [2.24, 2.45) is 0 Å². The summed E-state index contributed by atoms with van der Waals surface area (Å²) in [5.41, 5.74) is 1.52. The monoisotopic (exact) mass is 361 g/mol. The van der Waals surface area contributed by atoms with E-state index in [0.29, 0.717) is 15.0 Å². The zero-order chi connectivity index (χ0) is 14.0. The zero-order valence-electron chi connectivity index (χ0n) is 10.1. The van der Waals surface area contributed by atoms with Gasteiger partial charge in [0, 0.05) is 14.7 Å². The lowest BCUT2D eigenvalue weighted by Crippen LogP contribution is -2.12. The van der Waals surface area contributed by atoms with E-state index in [9.17, 15) is 8.42 Å². The maximum Gasteiger partial charge on any atom is 0.262 e. The van der Waals surface area contributed by atoms with Gasteiger partial charge in [0.25, 0.3) is 10.0 Å². The van der Waals surface area contributed by atoms with Crippen LogP contribution in [0.2, 0.25) is 0 Å². The van der Waals surface area contributed by atoms with E-state index in [0.717, 1.165) is 5.56 Å². The molecule has 0 saturated heterocycles. The molecular weight excluding hydrogens is 350 g/mol. The summed E-state index contributed by atoms with van der Waals surface area (Å²) in [6.45, 7) is 1.77. The fraction of sp³-hybridized carbons (Fsp3) is 0.167. The number of aryl methyl sites for hydroxylation is 1. The van der Waals surface area contributed by atoms with Crippen molar-refractivity contribution in [3.05, 3.63) is 44.6 Å². The van der Waals surface area contributed by atoms with Gasteiger partial charge in [-0.2, -0.15) is 0 Å². The number of thiophene rings is 1. The average molecular weight is 362 g/mol. The van der Waals surface area contributed by atoms with Crippen LogP contribution in [-0.2, 0) is 16.6 Å². The van der Waals surface area contributed by atoms with E-state index in [1.807, 2.05) is 19.1 Å². The van der Waals surface area contributed by atoms with Gasteiger partial charge in [0.05, 0.1) is 17.2 Å². The highest BCUT2D eigenvalue weighted by molar-refractivity contribution is 9.10. The van der Waals surface area contributed by atoms with Gasteiger partial charge in [0.15, 0.2) is 0 Å². The largest absolute Gasteiger partial charge is 0.391 e. The maximum absolute atomic E-state index is 12.2. The number of aliphatic hydroxyl groups excluding tert-OH is 1. The zero-order valence-corrected chi connectivity index (χ0v) is 13.3. The molecule has 0 spiro atoms. The van der Waals surface area contributed by atoms with Crippen molar-refractivity contribution in [1.29, 1.82) is 0 Å². The molecule has 0 aliphatic rings. The molecule has 0 atom stereocenters. The molecule has 19 heavy (non-hydrogen) atoms. The van der Waals surface area contributed by atoms with Crippen LogP contribution in [-0.4, -0.2) is 13.5 Å². The number of rotatable bonds is 4. The molecule has 0 amide bonds. The molecule has 0 aliphatic heterocycles. The van der Waals surface area contributed by atoms with Gasteiger partial charge in [-0.3, -0.25) is 4.72 Å². The van der Waals surface area contributed by atoms with Gasteiger partial charge in [0.2, 0.25) is 0 Å². The lowest BCUT2D eigenvalue weighted by Gasteiger charge is -2.09. The summed E-state index contributed by atoms with van der Waals surface area (Å²) in [4.78, 5) is 0.775. The van der Waals surface area contributed by atoms with E-state index < -0.39 is 10.0 Å². The molecule has 1 aromatic carbocycles. The second kappa shape index (κ2) is 5.62.